The Hall–Kier alpha value is -3.62. The van der Waals surface area contributed by atoms with E-state index in [4.69, 9.17) is 0 Å². The van der Waals surface area contributed by atoms with Crippen molar-refractivity contribution in [2.75, 3.05) is 10.6 Å². The molecule has 0 aliphatic rings. The second-order valence-electron chi connectivity index (χ2n) is 5.31. The summed E-state index contributed by atoms with van der Waals surface area (Å²) in [6, 6.07) is 7.22. The van der Waals surface area contributed by atoms with Crippen molar-refractivity contribution in [3.8, 4) is 0 Å². The largest absolute Gasteiger partial charge is 0.354 e. The summed E-state index contributed by atoms with van der Waals surface area (Å²) in [5, 5.41) is 17.3. The van der Waals surface area contributed by atoms with Crippen LogP contribution in [0, 0.1) is 24.0 Å². The molecule has 126 valence electrons. The van der Waals surface area contributed by atoms with Gasteiger partial charge in [0.05, 0.1) is 4.92 Å². The average Bonchev–Trinajstić information content (AvgIpc) is 2.57. The van der Waals surface area contributed by atoms with Crippen LogP contribution in [0.1, 0.15) is 11.1 Å². The zero-order valence-electron chi connectivity index (χ0n) is 13.6. The Bertz CT molecular complexity index is 930. The van der Waals surface area contributed by atoms with E-state index in [1.807, 2.05) is 26.0 Å². The standard InChI is InChI=1S/C16H15N7O2/c1-10-5-7-17-12(8-10)21-15-13(23(24)25)16(20-9-19-15)22-14-11(2)4-3-6-18-14/h3-9H,1-2H3,(H2,17,18,19,20,21,22). The number of nitro groups is 1. The Morgan fingerprint density at radius 3 is 2.40 bits per heavy atom. The predicted octanol–water partition coefficient (Wildman–Crippen LogP) is 3.28. The van der Waals surface area contributed by atoms with Crippen LogP contribution < -0.4 is 10.6 Å². The van der Waals surface area contributed by atoms with Crippen molar-refractivity contribution in [2.24, 2.45) is 0 Å². The van der Waals surface area contributed by atoms with Gasteiger partial charge in [-0.3, -0.25) is 10.1 Å². The van der Waals surface area contributed by atoms with Gasteiger partial charge < -0.3 is 10.6 Å². The van der Waals surface area contributed by atoms with Gasteiger partial charge in [0, 0.05) is 12.4 Å². The molecule has 0 aromatic carbocycles. The van der Waals surface area contributed by atoms with Gasteiger partial charge in [0.1, 0.15) is 18.0 Å². The van der Waals surface area contributed by atoms with Crippen molar-refractivity contribution < 1.29 is 4.92 Å². The van der Waals surface area contributed by atoms with Gasteiger partial charge in [-0.1, -0.05) is 6.07 Å². The number of nitrogens with one attached hydrogen (secondary N) is 2. The van der Waals surface area contributed by atoms with Crippen LogP contribution in [-0.2, 0) is 0 Å². The highest BCUT2D eigenvalue weighted by Gasteiger charge is 2.24. The van der Waals surface area contributed by atoms with Crippen molar-refractivity contribution in [2.45, 2.75) is 13.8 Å². The SMILES string of the molecule is Cc1ccnc(Nc2ncnc(Nc3ncccc3C)c2[N+](=O)[O-])c1. The van der Waals surface area contributed by atoms with Gasteiger partial charge in [-0.2, -0.15) is 0 Å². The van der Waals surface area contributed by atoms with Crippen LogP contribution in [0.25, 0.3) is 0 Å². The normalized spacial score (nSPS) is 10.3. The molecule has 3 aromatic heterocycles. The van der Waals surface area contributed by atoms with Crippen LogP contribution in [0.4, 0.5) is 29.0 Å². The molecule has 9 heteroatoms. The molecule has 0 bridgehead atoms. The second kappa shape index (κ2) is 6.87. The third-order valence-electron chi connectivity index (χ3n) is 3.41. The van der Waals surface area contributed by atoms with Crippen LogP contribution in [-0.4, -0.2) is 24.9 Å². The summed E-state index contributed by atoms with van der Waals surface area (Å²) in [6.45, 7) is 3.75. The molecule has 0 unspecified atom stereocenters. The van der Waals surface area contributed by atoms with E-state index in [1.54, 1.807) is 24.5 Å². The van der Waals surface area contributed by atoms with Gasteiger partial charge >= 0.3 is 5.69 Å². The van der Waals surface area contributed by atoms with Crippen LogP contribution in [0.5, 0.6) is 0 Å². The maximum Gasteiger partial charge on any atom is 0.354 e. The fraction of sp³-hybridized carbons (Fsp3) is 0.125. The molecule has 0 aliphatic heterocycles. The Morgan fingerprint density at radius 1 is 0.960 bits per heavy atom. The lowest BCUT2D eigenvalue weighted by atomic mass is 10.3. The van der Waals surface area contributed by atoms with E-state index in [0.29, 0.717) is 11.6 Å². The van der Waals surface area contributed by atoms with E-state index in [-0.39, 0.29) is 17.3 Å². The molecule has 0 spiro atoms. The minimum absolute atomic E-state index is 0.0502. The lowest BCUT2D eigenvalue weighted by Gasteiger charge is -2.10. The van der Waals surface area contributed by atoms with E-state index < -0.39 is 4.92 Å². The fourth-order valence-electron chi connectivity index (χ4n) is 2.19. The lowest BCUT2D eigenvalue weighted by molar-refractivity contribution is -0.383. The van der Waals surface area contributed by atoms with Crippen LogP contribution in [0.15, 0.2) is 43.0 Å². The van der Waals surface area contributed by atoms with E-state index in [1.165, 1.54) is 6.33 Å². The number of anilines is 4. The zero-order chi connectivity index (χ0) is 17.8. The van der Waals surface area contributed by atoms with Crippen molar-refractivity contribution in [3.05, 3.63) is 64.2 Å². The van der Waals surface area contributed by atoms with Crippen molar-refractivity contribution in [1.29, 1.82) is 0 Å². The Balaban J connectivity index is 2.00. The highest BCUT2D eigenvalue weighted by molar-refractivity contribution is 5.75. The molecule has 0 amide bonds. The summed E-state index contributed by atoms with van der Waals surface area (Å²) in [7, 11) is 0. The zero-order valence-corrected chi connectivity index (χ0v) is 13.6. The van der Waals surface area contributed by atoms with E-state index in [9.17, 15) is 10.1 Å². The molecule has 3 heterocycles. The number of pyridine rings is 2. The Labute approximate surface area is 143 Å². The molecule has 0 saturated heterocycles. The molecule has 0 aliphatic carbocycles. The summed E-state index contributed by atoms with van der Waals surface area (Å²) in [5.41, 5.74) is 1.53. The molecule has 3 aromatic rings. The smallest absolute Gasteiger partial charge is 0.319 e. The highest BCUT2D eigenvalue weighted by atomic mass is 16.6. The van der Waals surface area contributed by atoms with E-state index in [2.05, 4.69) is 30.6 Å². The summed E-state index contributed by atoms with van der Waals surface area (Å²) >= 11 is 0. The summed E-state index contributed by atoms with van der Waals surface area (Å²) in [6.07, 6.45) is 4.45. The van der Waals surface area contributed by atoms with E-state index in [0.717, 1.165) is 11.1 Å². The number of hydrogen-bond acceptors (Lipinski definition) is 8. The van der Waals surface area contributed by atoms with Crippen molar-refractivity contribution in [1.82, 2.24) is 19.9 Å². The van der Waals surface area contributed by atoms with E-state index >= 15 is 0 Å². The van der Waals surface area contributed by atoms with Gasteiger partial charge in [0.2, 0.25) is 11.6 Å². The maximum atomic E-state index is 11.6. The van der Waals surface area contributed by atoms with Crippen LogP contribution in [0.3, 0.4) is 0 Å². The Morgan fingerprint density at radius 2 is 1.72 bits per heavy atom. The first-order valence-corrected chi connectivity index (χ1v) is 7.42. The monoisotopic (exact) mass is 337 g/mol. The lowest BCUT2D eigenvalue weighted by Crippen LogP contribution is -2.07. The van der Waals surface area contributed by atoms with Gasteiger partial charge in [0.15, 0.2) is 0 Å². The molecule has 0 radical (unpaired) electrons. The quantitative estimate of drug-likeness (QED) is 0.538. The third kappa shape index (κ3) is 3.66. The first kappa shape index (κ1) is 16.2. The molecule has 2 N–H and O–H groups in total. The summed E-state index contributed by atoms with van der Waals surface area (Å²) in [5.74, 6) is 1.05. The van der Waals surface area contributed by atoms with Gasteiger partial charge in [-0.25, -0.2) is 19.9 Å². The summed E-state index contributed by atoms with van der Waals surface area (Å²) in [4.78, 5) is 27.3. The van der Waals surface area contributed by atoms with Gasteiger partial charge in [0.25, 0.3) is 0 Å². The molecule has 3 rings (SSSR count). The topological polar surface area (TPSA) is 119 Å². The Kier molecular flexibility index (Phi) is 4.46. The second-order valence-corrected chi connectivity index (χ2v) is 5.31. The molecule has 0 atom stereocenters. The summed E-state index contributed by atoms with van der Waals surface area (Å²) < 4.78 is 0. The number of rotatable bonds is 5. The van der Waals surface area contributed by atoms with Crippen LogP contribution >= 0.6 is 0 Å². The number of aromatic nitrogens is 4. The average molecular weight is 337 g/mol. The molecule has 0 fully saturated rings. The minimum Gasteiger partial charge on any atom is -0.319 e. The third-order valence-corrected chi connectivity index (χ3v) is 3.41. The number of hydrogen-bond donors (Lipinski definition) is 2. The van der Waals surface area contributed by atoms with Gasteiger partial charge in [-0.05, 0) is 43.2 Å². The van der Waals surface area contributed by atoms with Gasteiger partial charge in [-0.15, -0.1) is 0 Å². The van der Waals surface area contributed by atoms with Crippen LogP contribution in [0.2, 0.25) is 0 Å². The molecule has 25 heavy (non-hydrogen) atoms. The minimum atomic E-state index is -0.543. The predicted molar refractivity (Wildman–Crippen MR) is 93.2 cm³/mol. The highest BCUT2D eigenvalue weighted by Crippen LogP contribution is 2.32. The molecule has 0 saturated carbocycles. The number of aryl methyl sites for hydroxylation is 2. The van der Waals surface area contributed by atoms with Crippen molar-refractivity contribution in [3.63, 3.8) is 0 Å². The number of nitrogens with zero attached hydrogens (tertiary/aromatic N) is 5. The first-order chi connectivity index (χ1) is 12.0. The maximum absolute atomic E-state index is 11.6. The molecular weight excluding hydrogens is 322 g/mol. The fourth-order valence-corrected chi connectivity index (χ4v) is 2.19. The molecule has 9 nitrogen and oxygen atoms in total. The first-order valence-electron chi connectivity index (χ1n) is 7.42. The van der Waals surface area contributed by atoms with Crippen molar-refractivity contribution >= 4 is 29.0 Å². The molecular formula is C16H15N7O2.